The Bertz CT molecular complexity index is 904. The number of likely N-dealkylation sites (tertiary alicyclic amines) is 1. The molecule has 2 amide bonds. The van der Waals surface area contributed by atoms with E-state index >= 15 is 0 Å². The van der Waals surface area contributed by atoms with Gasteiger partial charge in [0, 0.05) is 25.3 Å². The van der Waals surface area contributed by atoms with Gasteiger partial charge in [0.05, 0.1) is 7.11 Å². The third-order valence-electron chi connectivity index (χ3n) is 4.96. The molecule has 31 heavy (non-hydrogen) atoms. The van der Waals surface area contributed by atoms with Gasteiger partial charge in [0.15, 0.2) is 5.12 Å². The van der Waals surface area contributed by atoms with Crippen LogP contribution in [0.15, 0.2) is 54.6 Å². The molecule has 1 aliphatic rings. The summed E-state index contributed by atoms with van der Waals surface area (Å²) in [6.07, 6.45) is -0.162. The summed E-state index contributed by atoms with van der Waals surface area (Å²) in [7, 11) is 1.58. The smallest absolute Gasteiger partial charge is 0.410 e. The van der Waals surface area contributed by atoms with Gasteiger partial charge in [0.2, 0.25) is 5.91 Å². The second-order valence-electron chi connectivity index (χ2n) is 7.24. The van der Waals surface area contributed by atoms with Gasteiger partial charge in [-0.1, -0.05) is 54.2 Å². The van der Waals surface area contributed by atoms with E-state index in [1.165, 1.54) is 11.8 Å². The molecule has 7 nitrogen and oxygen atoms in total. The van der Waals surface area contributed by atoms with Gasteiger partial charge in [-0.15, -0.1) is 0 Å². The summed E-state index contributed by atoms with van der Waals surface area (Å²) in [5.41, 5.74) is 1.78. The fraction of sp³-hybridized carbons (Fsp3) is 0.348. The molecule has 1 fully saturated rings. The molecule has 1 heterocycles. The second kappa shape index (κ2) is 10.9. The first-order chi connectivity index (χ1) is 15.0. The minimum atomic E-state index is -0.677. The number of methoxy groups -OCH3 is 1. The lowest BCUT2D eigenvalue weighted by Gasteiger charge is -2.23. The van der Waals surface area contributed by atoms with Crippen LogP contribution < -0.4 is 10.1 Å². The zero-order valence-electron chi connectivity index (χ0n) is 17.6. The number of carbonyl (C=O) groups excluding carboxylic acids is 3. The van der Waals surface area contributed by atoms with E-state index in [9.17, 15) is 14.4 Å². The molecule has 1 N–H and O–H groups in total. The number of amides is 2. The Hall–Kier alpha value is -3.00. The topological polar surface area (TPSA) is 84.9 Å². The zero-order chi connectivity index (χ0) is 22.2. The minimum Gasteiger partial charge on any atom is -0.497 e. The van der Waals surface area contributed by atoms with Gasteiger partial charge in [-0.2, -0.15) is 0 Å². The van der Waals surface area contributed by atoms with E-state index in [1.54, 1.807) is 19.2 Å². The van der Waals surface area contributed by atoms with Crippen molar-refractivity contribution in [1.29, 1.82) is 0 Å². The van der Waals surface area contributed by atoms with Crippen LogP contribution in [0.3, 0.4) is 0 Å². The van der Waals surface area contributed by atoms with Crippen LogP contribution in [0.4, 0.5) is 4.79 Å². The fourth-order valence-corrected chi connectivity index (χ4v) is 4.40. The van der Waals surface area contributed by atoms with Gasteiger partial charge in [-0.3, -0.25) is 14.5 Å². The number of nitrogens with zero attached hydrogens (tertiary/aromatic N) is 1. The van der Waals surface area contributed by atoms with Gasteiger partial charge < -0.3 is 14.8 Å². The van der Waals surface area contributed by atoms with Crippen molar-refractivity contribution in [3.05, 3.63) is 65.7 Å². The molecule has 0 radical (unpaired) electrons. The normalized spacial score (nSPS) is 17.8. The Morgan fingerprint density at radius 2 is 1.77 bits per heavy atom. The molecule has 0 aliphatic carbocycles. The first kappa shape index (κ1) is 22.7. The summed E-state index contributed by atoms with van der Waals surface area (Å²) in [6.45, 7) is 2.23. The van der Waals surface area contributed by atoms with Gasteiger partial charge in [-0.05, 0) is 29.7 Å². The van der Waals surface area contributed by atoms with Gasteiger partial charge in [0.25, 0.3) is 0 Å². The lowest BCUT2D eigenvalue weighted by atomic mass is 10.2. The molecule has 164 valence electrons. The number of carbonyl (C=O) groups is 3. The number of hydrogen-bond donors (Lipinski definition) is 1. The first-order valence-corrected chi connectivity index (χ1v) is 10.9. The third-order valence-corrected chi connectivity index (χ3v) is 5.97. The molecule has 2 aromatic rings. The second-order valence-corrected chi connectivity index (χ2v) is 8.72. The van der Waals surface area contributed by atoms with Crippen LogP contribution in [0.2, 0.25) is 0 Å². The molecule has 2 atom stereocenters. The summed E-state index contributed by atoms with van der Waals surface area (Å²) in [4.78, 5) is 38.6. The third kappa shape index (κ3) is 6.49. The number of ether oxygens (including phenoxy) is 2. The summed E-state index contributed by atoms with van der Waals surface area (Å²) >= 11 is 1.16. The summed E-state index contributed by atoms with van der Waals surface area (Å²) in [6, 6.07) is 16.1. The lowest BCUT2D eigenvalue weighted by Crippen LogP contribution is -2.45. The van der Waals surface area contributed by atoms with Gasteiger partial charge in [-0.25, -0.2) is 4.79 Å². The molecule has 0 saturated carbocycles. The van der Waals surface area contributed by atoms with Crippen LogP contribution >= 0.6 is 11.8 Å². The maximum absolute atomic E-state index is 12.8. The molecule has 1 aliphatic heterocycles. The largest absolute Gasteiger partial charge is 0.497 e. The Morgan fingerprint density at radius 3 is 2.42 bits per heavy atom. The molecule has 3 rings (SSSR count). The fourth-order valence-electron chi connectivity index (χ4n) is 3.42. The molecule has 0 spiro atoms. The molecule has 0 aromatic heterocycles. The van der Waals surface area contributed by atoms with Crippen LogP contribution in [-0.2, 0) is 27.5 Å². The maximum Gasteiger partial charge on any atom is 0.410 e. The predicted molar refractivity (Wildman–Crippen MR) is 119 cm³/mol. The molecular formula is C23H26N2O5S. The molecule has 8 heteroatoms. The SMILES string of the molecule is COc1ccc(COC(=O)N2CC(SC(C)=O)CC2C(=O)NCc2ccccc2)cc1. The Labute approximate surface area is 186 Å². The summed E-state index contributed by atoms with van der Waals surface area (Å²) < 4.78 is 10.6. The Kier molecular flexibility index (Phi) is 7.94. The highest BCUT2D eigenvalue weighted by atomic mass is 32.2. The van der Waals surface area contributed by atoms with Crippen LogP contribution in [-0.4, -0.2) is 47.0 Å². The molecule has 2 aromatic carbocycles. The van der Waals surface area contributed by atoms with Crippen molar-refractivity contribution in [2.75, 3.05) is 13.7 Å². The van der Waals surface area contributed by atoms with Crippen molar-refractivity contribution in [2.24, 2.45) is 0 Å². The number of nitrogens with one attached hydrogen (secondary N) is 1. The molecular weight excluding hydrogens is 416 g/mol. The maximum atomic E-state index is 12.8. The number of hydrogen-bond acceptors (Lipinski definition) is 6. The molecule has 1 saturated heterocycles. The standard InChI is InChI=1S/C23H26N2O5S/c1-16(26)31-20-12-21(22(27)24-13-17-6-4-3-5-7-17)25(14-20)23(28)30-15-18-8-10-19(29-2)11-9-18/h3-11,20-21H,12-15H2,1-2H3,(H,24,27). The van der Waals surface area contributed by atoms with Crippen LogP contribution in [0.1, 0.15) is 24.5 Å². The lowest BCUT2D eigenvalue weighted by molar-refractivity contribution is -0.125. The quantitative estimate of drug-likeness (QED) is 0.708. The van der Waals surface area contributed by atoms with Gasteiger partial charge >= 0.3 is 6.09 Å². The summed E-state index contributed by atoms with van der Waals surface area (Å²) in [5, 5.41) is 2.71. The highest BCUT2D eigenvalue weighted by Crippen LogP contribution is 2.29. The monoisotopic (exact) mass is 442 g/mol. The molecule has 0 bridgehead atoms. The average molecular weight is 443 g/mol. The minimum absolute atomic E-state index is 0.0399. The van der Waals surface area contributed by atoms with E-state index in [2.05, 4.69) is 5.32 Å². The highest BCUT2D eigenvalue weighted by molar-refractivity contribution is 8.14. The van der Waals surface area contributed by atoms with E-state index in [0.717, 1.165) is 22.9 Å². The van der Waals surface area contributed by atoms with Crippen molar-refractivity contribution in [2.45, 2.75) is 37.8 Å². The van der Waals surface area contributed by atoms with Crippen LogP contribution in [0.25, 0.3) is 0 Å². The average Bonchev–Trinajstić information content (AvgIpc) is 3.20. The van der Waals surface area contributed by atoms with Crippen LogP contribution in [0, 0.1) is 0 Å². The van der Waals surface area contributed by atoms with E-state index in [4.69, 9.17) is 9.47 Å². The van der Waals surface area contributed by atoms with Gasteiger partial charge in [0.1, 0.15) is 18.4 Å². The van der Waals surface area contributed by atoms with Crippen molar-refractivity contribution < 1.29 is 23.9 Å². The first-order valence-electron chi connectivity index (χ1n) is 10.0. The number of benzene rings is 2. The van der Waals surface area contributed by atoms with E-state index in [-0.39, 0.29) is 29.4 Å². The predicted octanol–water partition coefficient (Wildman–Crippen LogP) is 3.37. The number of thioether (sulfide) groups is 1. The zero-order valence-corrected chi connectivity index (χ0v) is 18.4. The van der Waals surface area contributed by atoms with E-state index in [1.807, 2.05) is 42.5 Å². The van der Waals surface area contributed by atoms with E-state index < -0.39 is 12.1 Å². The van der Waals surface area contributed by atoms with E-state index in [0.29, 0.717) is 18.7 Å². The Balaban J connectivity index is 1.62. The highest BCUT2D eigenvalue weighted by Gasteiger charge is 2.41. The molecule has 2 unspecified atom stereocenters. The van der Waals surface area contributed by atoms with Crippen LogP contribution in [0.5, 0.6) is 5.75 Å². The Morgan fingerprint density at radius 1 is 1.06 bits per heavy atom. The van der Waals surface area contributed by atoms with Crippen molar-refractivity contribution in [3.8, 4) is 5.75 Å². The summed E-state index contributed by atoms with van der Waals surface area (Å²) in [5.74, 6) is 0.464. The number of rotatable bonds is 7. The van der Waals surface area contributed by atoms with Crippen molar-refractivity contribution in [1.82, 2.24) is 10.2 Å². The van der Waals surface area contributed by atoms with Crippen molar-refractivity contribution >= 4 is 28.9 Å². The van der Waals surface area contributed by atoms with Crippen molar-refractivity contribution in [3.63, 3.8) is 0 Å².